The average molecular weight is 437 g/mol. The van der Waals surface area contributed by atoms with E-state index in [4.69, 9.17) is 0 Å². The summed E-state index contributed by atoms with van der Waals surface area (Å²) in [5.74, 6) is 0. The van der Waals surface area contributed by atoms with Crippen LogP contribution in [0.4, 0.5) is 0 Å². The van der Waals surface area contributed by atoms with Crippen molar-refractivity contribution in [2.24, 2.45) is 0 Å². The van der Waals surface area contributed by atoms with Crippen molar-refractivity contribution < 1.29 is 0 Å². The van der Waals surface area contributed by atoms with Gasteiger partial charge in [-0.3, -0.25) is 9.97 Å². The molecule has 2 aliphatic heterocycles. The summed E-state index contributed by atoms with van der Waals surface area (Å²) in [6.07, 6.45) is 16.2. The molecule has 0 N–H and O–H groups in total. The Hall–Kier alpha value is -2.00. The van der Waals surface area contributed by atoms with Gasteiger partial charge < -0.3 is 9.13 Å². The summed E-state index contributed by atoms with van der Waals surface area (Å²) in [5.41, 5.74) is 2.29. The monoisotopic (exact) mass is 436 g/mol. The molecule has 28 heavy (non-hydrogen) atoms. The van der Waals surface area contributed by atoms with Gasteiger partial charge >= 0.3 is 0 Å². The number of nitrogens with zero attached hydrogens (tertiary/aromatic N) is 4. The lowest BCUT2D eigenvalue weighted by Gasteiger charge is -2.05. The molecular formula is C20H12N4S4. The van der Waals surface area contributed by atoms with E-state index in [0.717, 1.165) is 11.4 Å². The number of fused-ring (bicyclic) bond motifs is 2. The molecule has 0 spiro atoms. The van der Waals surface area contributed by atoms with E-state index in [9.17, 15) is 0 Å². The summed E-state index contributed by atoms with van der Waals surface area (Å²) in [6.45, 7) is 0. The Morgan fingerprint density at radius 1 is 0.500 bits per heavy atom. The standard InChI is InChI=1S/C20H12N4S4/c1-5-21-6-2-13(1)23-9-15-16(10-23)26-19(25-15)20-27-17-11-24(12-18(17)28-20)14-3-7-22-8-4-14/h1-12H. The van der Waals surface area contributed by atoms with Crippen LogP contribution in [-0.4, -0.2) is 19.1 Å². The van der Waals surface area contributed by atoms with E-state index in [-0.39, 0.29) is 0 Å². The number of aromatic nitrogens is 4. The molecule has 6 heterocycles. The van der Waals surface area contributed by atoms with E-state index in [1.165, 1.54) is 28.1 Å². The molecular weight excluding hydrogens is 425 g/mol. The zero-order valence-electron chi connectivity index (χ0n) is 14.4. The molecule has 0 bridgehead atoms. The Kier molecular flexibility index (Phi) is 4.11. The average Bonchev–Trinajstić information content (AvgIpc) is 3.47. The van der Waals surface area contributed by atoms with Crippen molar-refractivity contribution in [1.29, 1.82) is 0 Å². The number of thioether (sulfide) groups is 4. The lowest BCUT2D eigenvalue weighted by atomic mass is 10.4. The Bertz CT molecular complexity index is 1070. The maximum Gasteiger partial charge on any atom is 0.0707 e. The van der Waals surface area contributed by atoms with Crippen LogP contribution in [0.15, 0.2) is 102 Å². The predicted molar refractivity (Wildman–Crippen MR) is 118 cm³/mol. The Morgan fingerprint density at radius 2 is 0.821 bits per heavy atom. The zero-order chi connectivity index (χ0) is 18.5. The summed E-state index contributed by atoms with van der Waals surface area (Å²) < 4.78 is 7.12. The number of pyridine rings is 2. The molecule has 4 nitrogen and oxygen atoms in total. The minimum atomic E-state index is 1.14. The molecule has 8 heteroatoms. The summed E-state index contributed by atoms with van der Waals surface area (Å²) in [4.78, 5) is 13.5. The molecule has 0 aromatic carbocycles. The second-order valence-corrected chi connectivity index (χ2v) is 10.9. The van der Waals surface area contributed by atoms with E-state index >= 15 is 0 Å². The van der Waals surface area contributed by atoms with Crippen molar-refractivity contribution in [3.8, 4) is 11.4 Å². The van der Waals surface area contributed by atoms with Crippen LogP contribution in [0.3, 0.4) is 0 Å². The first-order valence-corrected chi connectivity index (χ1v) is 11.8. The molecule has 136 valence electrons. The topological polar surface area (TPSA) is 35.6 Å². The van der Waals surface area contributed by atoms with Crippen molar-refractivity contribution in [3.63, 3.8) is 0 Å². The third-order valence-corrected chi connectivity index (χ3v) is 9.92. The number of hydrogen-bond donors (Lipinski definition) is 0. The largest absolute Gasteiger partial charge is 0.321 e. The van der Waals surface area contributed by atoms with Crippen molar-refractivity contribution in [2.75, 3.05) is 0 Å². The van der Waals surface area contributed by atoms with Crippen LogP contribution < -0.4 is 0 Å². The van der Waals surface area contributed by atoms with Crippen LogP contribution in [-0.2, 0) is 0 Å². The summed E-state index contributed by atoms with van der Waals surface area (Å²) in [6, 6.07) is 8.12. The zero-order valence-corrected chi connectivity index (χ0v) is 17.6. The molecule has 0 atom stereocenters. The first-order valence-electron chi connectivity index (χ1n) is 8.54. The number of hydrogen-bond acceptors (Lipinski definition) is 6. The first-order chi connectivity index (χ1) is 13.8. The molecule has 6 rings (SSSR count). The van der Waals surface area contributed by atoms with Crippen LogP contribution >= 0.6 is 47.0 Å². The molecule has 0 amide bonds. The van der Waals surface area contributed by atoms with Gasteiger partial charge in [0.1, 0.15) is 0 Å². The van der Waals surface area contributed by atoms with Gasteiger partial charge in [-0.05, 0) is 24.3 Å². The van der Waals surface area contributed by atoms with Gasteiger partial charge in [0.05, 0.1) is 8.47 Å². The molecule has 0 saturated heterocycles. The quantitative estimate of drug-likeness (QED) is 0.368. The molecule has 0 aliphatic carbocycles. The third kappa shape index (κ3) is 2.91. The maximum atomic E-state index is 4.10. The van der Waals surface area contributed by atoms with Crippen molar-refractivity contribution in [2.45, 2.75) is 19.6 Å². The summed E-state index contributed by atoms with van der Waals surface area (Å²) in [5, 5.41) is 0. The van der Waals surface area contributed by atoms with E-state index in [1.54, 1.807) is 0 Å². The smallest absolute Gasteiger partial charge is 0.0707 e. The van der Waals surface area contributed by atoms with Crippen LogP contribution in [0.2, 0.25) is 0 Å². The van der Waals surface area contributed by atoms with E-state index in [2.05, 4.69) is 43.9 Å². The van der Waals surface area contributed by atoms with E-state index < -0.39 is 0 Å². The van der Waals surface area contributed by atoms with Gasteiger partial charge in [-0.1, -0.05) is 47.0 Å². The Balaban J connectivity index is 1.23. The minimum Gasteiger partial charge on any atom is -0.321 e. The first kappa shape index (κ1) is 16.9. The van der Waals surface area contributed by atoms with E-state index in [1.807, 2.05) is 96.1 Å². The minimum absolute atomic E-state index is 1.14. The fourth-order valence-corrected chi connectivity index (χ4v) is 8.40. The highest BCUT2D eigenvalue weighted by Gasteiger charge is 2.29. The highest BCUT2D eigenvalue weighted by Crippen LogP contribution is 2.61. The van der Waals surface area contributed by atoms with Crippen molar-refractivity contribution in [1.82, 2.24) is 19.1 Å². The lowest BCUT2D eigenvalue weighted by Crippen LogP contribution is -1.89. The van der Waals surface area contributed by atoms with Gasteiger partial charge in [0, 0.05) is 80.5 Å². The van der Waals surface area contributed by atoms with Gasteiger partial charge in [0.15, 0.2) is 0 Å². The highest BCUT2D eigenvalue weighted by molar-refractivity contribution is 8.30. The number of rotatable bonds is 2. The SMILES string of the molecule is c1cc(-n2cc3c(c2)SC(=C2Sc4cn(-c5ccncc5)cc4S2)S3)ccn1. The fourth-order valence-electron chi connectivity index (χ4n) is 3.08. The Morgan fingerprint density at radius 3 is 1.14 bits per heavy atom. The molecule has 2 aliphatic rings. The molecule has 0 fully saturated rings. The predicted octanol–water partition coefficient (Wildman–Crippen LogP) is 6.28. The molecule has 0 radical (unpaired) electrons. The second kappa shape index (κ2) is 6.81. The van der Waals surface area contributed by atoms with Crippen molar-refractivity contribution >= 4 is 47.0 Å². The van der Waals surface area contributed by atoms with Gasteiger partial charge in [0.2, 0.25) is 0 Å². The summed E-state index contributed by atoms with van der Waals surface area (Å²) >= 11 is 7.49. The van der Waals surface area contributed by atoms with Gasteiger partial charge in [-0.15, -0.1) is 0 Å². The normalized spacial score (nSPS) is 15.1. The molecule has 4 aromatic heterocycles. The molecule has 4 aromatic rings. The van der Waals surface area contributed by atoms with Crippen LogP contribution in [0.1, 0.15) is 0 Å². The third-order valence-electron chi connectivity index (χ3n) is 4.41. The maximum absolute atomic E-state index is 4.10. The lowest BCUT2D eigenvalue weighted by molar-refractivity contribution is 1.05. The van der Waals surface area contributed by atoms with Gasteiger partial charge in [-0.25, -0.2) is 0 Å². The van der Waals surface area contributed by atoms with Crippen LogP contribution in [0.5, 0.6) is 0 Å². The molecule has 0 unspecified atom stereocenters. The Labute approximate surface area is 178 Å². The molecule has 0 saturated carbocycles. The van der Waals surface area contributed by atoms with Crippen LogP contribution in [0, 0.1) is 0 Å². The fraction of sp³-hybridized carbons (Fsp3) is 0. The van der Waals surface area contributed by atoms with Crippen LogP contribution in [0.25, 0.3) is 11.4 Å². The summed E-state index contributed by atoms with van der Waals surface area (Å²) in [7, 11) is 0. The van der Waals surface area contributed by atoms with Gasteiger partial charge in [-0.2, -0.15) is 0 Å². The second-order valence-electron chi connectivity index (χ2n) is 6.18. The highest BCUT2D eigenvalue weighted by atomic mass is 32.2. The van der Waals surface area contributed by atoms with Crippen molar-refractivity contribution in [3.05, 3.63) is 82.3 Å². The van der Waals surface area contributed by atoms with Gasteiger partial charge in [0.25, 0.3) is 0 Å². The van der Waals surface area contributed by atoms with E-state index in [0.29, 0.717) is 0 Å².